The molecule has 118 valence electrons. The molecule has 4 nitrogen and oxygen atoms in total. The molecule has 1 aromatic heterocycles. The lowest BCUT2D eigenvalue weighted by atomic mass is 9.76. The number of hydrogen-bond acceptors (Lipinski definition) is 3. The van der Waals surface area contributed by atoms with Gasteiger partial charge >= 0.3 is 0 Å². The van der Waals surface area contributed by atoms with Crippen LogP contribution in [0.15, 0.2) is 24.5 Å². The van der Waals surface area contributed by atoms with Gasteiger partial charge in [0.1, 0.15) is 0 Å². The van der Waals surface area contributed by atoms with Crippen molar-refractivity contribution >= 4 is 11.6 Å². The van der Waals surface area contributed by atoms with E-state index in [2.05, 4.69) is 25.8 Å². The molecule has 0 bridgehead atoms. The van der Waals surface area contributed by atoms with Crippen molar-refractivity contribution in [2.45, 2.75) is 47.0 Å². The van der Waals surface area contributed by atoms with Crippen LogP contribution < -0.4 is 10.6 Å². The molecule has 0 aliphatic rings. The highest BCUT2D eigenvalue weighted by Gasteiger charge is 2.25. The van der Waals surface area contributed by atoms with Crippen molar-refractivity contribution in [2.24, 2.45) is 17.1 Å². The van der Waals surface area contributed by atoms with Crippen LogP contribution >= 0.6 is 0 Å². The van der Waals surface area contributed by atoms with E-state index in [9.17, 15) is 4.79 Å². The third-order valence-electron chi connectivity index (χ3n) is 4.04. The van der Waals surface area contributed by atoms with Crippen LogP contribution in [-0.2, 0) is 4.79 Å². The molecule has 0 fully saturated rings. The largest absolute Gasteiger partial charge is 0.330 e. The Balaban J connectivity index is 2.66. The van der Waals surface area contributed by atoms with E-state index in [-0.39, 0.29) is 11.3 Å². The van der Waals surface area contributed by atoms with Crippen LogP contribution in [0.4, 0.5) is 5.69 Å². The van der Waals surface area contributed by atoms with Gasteiger partial charge in [-0.25, -0.2) is 0 Å². The van der Waals surface area contributed by atoms with Crippen LogP contribution in [0.3, 0.4) is 0 Å². The molecule has 1 atom stereocenters. The molecule has 0 saturated heterocycles. The Bertz CT molecular complexity index is 425. The first kappa shape index (κ1) is 17.6. The summed E-state index contributed by atoms with van der Waals surface area (Å²) in [6.07, 6.45) is 5.87. The van der Waals surface area contributed by atoms with E-state index in [4.69, 9.17) is 5.73 Å². The topological polar surface area (TPSA) is 59.2 Å². The zero-order valence-corrected chi connectivity index (χ0v) is 13.8. The minimum Gasteiger partial charge on any atom is -0.330 e. The number of aromatic nitrogens is 1. The van der Waals surface area contributed by atoms with Crippen molar-refractivity contribution in [1.29, 1.82) is 0 Å². The third kappa shape index (κ3) is 5.46. The quantitative estimate of drug-likeness (QED) is 0.839. The summed E-state index contributed by atoms with van der Waals surface area (Å²) in [4.78, 5) is 18.3. The van der Waals surface area contributed by atoms with E-state index < -0.39 is 0 Å². The van der Waals surface area contributed by atoms with E-state index in [1.807, 2.05) is 24.0 Å². The van der Waals surface area contributed by atoms with Gasteiger partial charge < -0.3 is 10.6 Å². The smallest absolute Gasteiger partial charge is 0.226 e. The maximum atomic E-state index is 12.5. The SMILES string of the molecule is CCN(C(=O)CCC(CCN)C(C)(C)C)c1ccncc1. The van der Waals surface area contributed by atoms with Crippen molar-refractivity contribution in [2.75, 3.05) is 18.0 Å². The molecule has 0 aliphatic heterocycles. The van der Waals surface area contributed by atoms with Gasteiger partial charge in [0.25, 0.3) is 0 Å². The van der Waals surface area contributed by atoms with Crippen molar-refractivity contribution in [3.8, 4) is 0 Å². The number of pyridine rings is 1. The first-order valence-corrected chi connectivity index (χ1v) is 7.80. The molecular weight excluding hydrogens is 262 g/mol. The monoisotopic (exact) mass is 291 g/mol. The molecule has 2 N–H and O–H groups in total. The molecule has 0 spiro atoms. The molecule has 1 aromatic rings. The fourth-order valence-corrected chi connectivity index (χ4v) is 2.67. The second kappa shape index (κ2) is 8.13. The molecule has 1 heterocycles. The molecule has 21 heavy (non-hydrogen) atoms. The first-order chi connectivity index (χ1) is 9.90. The van der Waals surface area contributed by atoms with Gasteiger partial charge in [0, 0.05) is 31.0 Å². The van der Waals surface area contributed by atoms with Gasteiger partial charge in [0.05, 0.1) is 0 Å². The van der Waals surface area contributed by atoms with Crippen LogP contribution in [0.1, 0.15) is 47.0 Å². The highest BCUT2D eigenvalue weighted by molar-refractivity contribution is 5.93. The van der Waals surface area contributed by atoms with Crippen molar-refractivity contribution in [3.63, 3.8) is 0 Å². The second-order valence-corrected chi connectivity index (χ2v) is 6.52. The summed E-state index contributed by atoms with van der Waals surface area (Å²) in [6.45, 7) is 10.0. The summed E-state index contributed by atoms with van der Waals surface area (Å²) >= 11 is 0. The van der Waals surface area contributed by atoms with Crippen molar-refractivity contribution in [3.05, 3.63) is 24.5 Å². The summed E-state index contributed by atoms with van der Waals surface area (Å²) in [6, 6.07) is 3.76. The lowest BCUT2D eigenvalue weighted by Gasteiger charge is -2.31. The number of hydrogen-bond donors (Lipinski definition) is 1. The summed E-state index contributed by atoms with van der Waals surface area (Å²) in [5.74, 6) is 0.651. The van der Waals surface area contributed by atoms with Gasteiger partial charge in [0.2, 0.25) is 5.91 Å². The lowest BCUT2D eigenvalue weighted by molar-refractivity contribution is -0.119. The number of amides is 1. The van der Waals surface area contributed by atoms with Crippen LogP contribution in [0.2, 0.25) is 0 Å². The molecule has 4 heteroatoms. The van der Waals surface area contributed by atoms with Gasteiger partial charge in [0.15, 0.2) is 0 Å². The van der Waals surface area contributed by atoms with E-state index in [1.54, 1.807) is 12.4 Å². The average molecular weight is 291 g/mol. The van der Waals surface area contributed by atoms with Gasteiger partial charge in [-0.2, -0.15) is 0 Å². The summed E-state index contributed by atoms with van der Waals surface area (Å²) in [5, 5.41) is 0. The van der Waals surface area contributed by atoms with Gasteiger partial charge in [-0.05, 0) is 49.8 Å². The molecule has 1 rings (SSSR count). The molecular formula is C17H29N3O. The standard InChI is InChI=1S/C17H29N3O/c1-5-20(15-9-12-19-13-10-15)16(21)7-6-14(8-11-18)17(2,3)4/h9-10,12-14H,5-8,11,18H2,1-4H3. The Morgan fingerprint density at radius 2 is 1.90 bits per heavy atom. The predicted molar refractivity (Wildman–Crippen MR) is 88.1 cm³/mol. The number of carbonyl (C=O) groups is 1. The average Bonchev–Trinajstić information content (AvgIpc) is 2.44. The second-order valence-electron chi connectivity index (χ2n) is 6.52. The van der Waals surface area contributed by atoms with Crippen molar-refractivity contribution < 1.29 is 4.79 Å². The Morgan fingerprint density at radius 1 is 1.29 bits per heavy atom. The number of nitrogens with two attached hydrogens (primary N) is 1. The molecule has 1 unspecified atom stereocenters. The minimum absolute atomic E-state index is 0.176. The zero-order valence-electron chi connectivity index (χ0n) is 13.8. The predicted octanol–water partition coefficient (Wildman–Crippen LogP) is 3.23. The summed E-state index contributed by atoms with van der Waals surface area (Å²) in [7, 11) is 0. The lowest BCUT2D eigenvalue weighted by Crippen LogP contribution is -2.32. The van der Waals surface area contributed by atoms with Crippen molar-refractivity contribution in [1.82, 2.24) is 4.98 Å². The maximum absolute atomic E-state index is 12.5. The Labute approximate surface area is 128 Å². The van der Waals surface area contributed by atoms with Crippen LogP contribution in [0, 0.1) is 11.3 Å². The fraction of sp³-hybridized carbons (Fsp3) is 0.647. The summed E-state index contributed by atoms with van der Waals surface area (Å²) < 4.78 is 0. The Hall–Kier alpha value is -1.42. The van der Waals surface area contributed by atoms with Gasteiger partial charge in [-0.1, -0.05) is 20.8 Å². The number of anilines is 1. The first-order valence-electron chi connectivity index (χ1n) is 7.80. The maximum Gasteiger partial charge on any atom is 0.226 e. The molecule has 0 radical (unpaired) electrons. The highest BCUT2D eigenvalue weighted by Crippen LogP contribution is 2.32. The van der Waals surface area contributed by atoms with Crippen LogP contribution in [0.5, 0.6) is 0 Å². The minimum atomic E-state index is 0.176. The molecule has 0 saturated carbocycles. The van der Waals surface area contributed by atoms with Gasteiger partial charge in [-0.15, -0.1) is 0 Å². The Kier molecular flexibility index (Phi) is 6.82. The normalized spacial score (nSPS) is 13.0. The number of rotatable bonds is 7. The fourth-order valence-electron chi connectivity index (χ4n) is 2.67. The molecule has 1 amide bonds. The molecule has 0 aliphatic carbocycles. The highest BCUT2D eigenvalue weighted by atomic mass is 16.2. The molecule has 0 aromatic carbocycles. The van der Waals surface area contributed by atoms with Crippen LogP contribution in [-0.4, -0.2) is 24.0 Å². The zero-order chi connectivity index (χ0) is 15.9. The van der Waals surface area contributed by atoms with Gasteiger partial charge in [-0.3, -0.25) is 9.78 Å². The van der Waals surface area contributed by atoms with E-state index in [1.165, 1.54) is 0 Å². The number of carbonyl (C=O) groups excluding carboxylic acids is 1. The Morgan fingerprint density at radius 3 is 2.38 bits per heavy atom. The number of nitrogens with zero attached hydrogens (tertiary/aromatic N) is 2. The third-order valence-corrected chi connectivity index (χ3v) is 4.04. The van der Waals surface area contributed by atoms with E-state index >= 15 is 0 Å². The van der Waals surface area contributed by atoms with E-state index in [0.717, 1.165) is 18.5 Å². The van der Waals surface area contributed by atoms with Crippen LogP contribution in [0.25, 0.3) is 0 Å². The summed E-state index contributed by atoms with van der Waals surface area (Å²) in [5.41, 5.74) is 6.82. The van der Waals surface area contributed by atoms with E-state index in [0.29, 0.717) is 25.4 Å².